The van der Waals surface area contributed by atoms with Gasteiger partial charge in [-0.25, -0.2) is 9.59 Å². The summed E-state index contributed by atoms with van der Waals surface area (Å²) in [6.07, 6.45) is -0.634. The van der Waals surface area contributed by atoms with Crippen molar-refractivity contribution in [3.8, 4) is 0 Å². The third kappa shape index (κ3) is 3.85. The molecule has 0 saturated carbocycles. The lowest BCUT2D eigenvalue weighted by Crippen LogP contribution is -2.15. The fourth-order valence-electron chi connectivity index (χ4n) is 1.95. The van der Waals surface area contributed by atoms with Crippen LogP contribution in [0.3, 0.4) is 0 Å². The molecule has 2 N–H and O–H groups in total. The lowest BCUT2D eigenvalue weighted by Gasteiger charge is -2.12. The highest BCUT2D eigenvalue weighted by Gasteiger charge is 2.16. The van der Waals surface area contributed by atoms with Crippen LogP contribution in [0.1, 0.15) is 21.5 Å². The maximum absolute atomic E-state index is 11.8. The number of carboxylic acid groups (broad SMARTS) is 1. The Morgan fingerprint density at radius 1 is 1.18 bits per heavy atom. The molecule has 2 rings (SSSR count). The topological polar surface area (TPSA) is 75.6 Å². The lowest BCUT2D eigenvalue weighted by atomic mass is 10.1. The predicted octanol–water partition coefficient (Wildman–Crippen LogP) is 4.20. The van der Waals surface area contributed by atoms with Crippen LogP contribution < -0.4 is 5.32 Å². The van der Waals surface area contributed by atoms with Gasteiger partial charge in [0.2, 0.25) is 0 Å². The van der Waals surface area contributed by atoms with Gasteiger partial charge in [-0.15, -0.1) is 0 Å². The van der Waals surface area contributed by atoms with Crippen molar-refractivity contribution in [2.75, 3.05) is 5.32 Å². The van der Waals surface area contributed by atoms with Gasteiger partial charge in [0, 0.05) is 10.2 Å². The normalized spacial score (nSPS) is 10.1. The molecule has 0 spiro atoms. The molecule has 1 amide bonds. The molecule has 0 aliphatic carbocycles. The van der Waals surface area contributed by atoms with Crippen LogP contribution in [0.15, 0.2) is 46.9 Å². The average Bonchev–Trinajstić information content (AvgIpc) is 2.49. The van der Waals surface area contributed by atoms with Crippen molar-refractivity contribution >= 4 is 33.7 Å². The molecule has 6 heteroatoms. The third-order valence-corrected chi connectivity index (χ3v) is 3.74. The Balaban J connectivity index is 2.06. The minimum Gasteiger partial charge on any atom is -0.478 e. The van der Waals surface area contributed by atoms with E-state index < -0.39 is 12.1 Å². The van der Waals surface area contributed by atoms with Crippen molar-refractivity contribution in [3.63, 3.8) is 0 Å². The standard InChI is InChI=1S/C16H14BrNO4/c1-10-13(8-7-12(17)14(10)15(19)20)18-16(21)22-9-11-5-3-2-4-6-11/h2-8H,9H2,1H3,(H,18,21)(H,19,20). The number of hydrogen-bond donors (Lipinski definition) is 2. The quantitative estimate of drug-likeness (QED) is 0.853. The predicted molar refractivity (Wildman–Crippen MR) is 86.1 cm³/mol. The van der Waals surface area contributed by atoms with Gasteiger partial charge in [-0.05, 0) is 46.1 Å². The first-order valence-electron chi connectivity index (χ1n) is 6.49. The van der Waals surface area contributed by atoms with E-state index in [1.54, 1.807) is 19.1 Å². The van der Waals surface area contributed by atoms with Crippen molar-refractivity contribution < 1.29 is 19.4 Å². The molecular formula is C16H14BrNO4. The molecule has 0 aliphatic heterocycles. The number of hydrogen-bond acceptors (Lipinski definition) is 3. The van der Waals surface area contributed by atoms with Gasteiger partial charge >= 0.3 is 12.1 Å². The second-order valence-electron chi connectivity index (χ2n) is 4.59. The van der Waals surface area contributed by atoms with Gasteiger partial charge in [-0.1, -0.05) is 30.3 Å². The van der Waals surface area contributed by atoms with E-state index in [4.69, 9.17) is 4.74 Å². The first-order chi connectivity index (χ1) is 10.5. The third-order valence-electron chi connectivity index (χ3n) is 3.08. The summed E-state index contributed by atoms with van der Waals surface area (Å²) in [6.45, 7) is 1.77. The summed E-state index contributed by atoms with van der Waals surface area (Å²) >= 11 is 3.18. The van der Waals surface area contributed by atoms with Crippen LogP contribution in [-0.2, 0) is 11.3 Å². The average molecular weight is 364 g/mol. The van der Waals surface area contributed by atoms with Gasteiger partial charge < -0.3 is 9.84 Å². The van der Waals surface area contributed by atoms with E-state index in [1.807, 2.05) is 30.3 Å². The highest BCUT2D eigenvalue weighted by atomic mass is 79.9. The molecule has 0 radical (unpaired) electrons. The van der Waals surface area contributed by atoms with E-state index in [2.05, 4.69) is 21.2 Å². The van der Waals surface area contributed by atoms with E-state index >= 15 is 0 Å². The molecule has 0 bridgehead atoms. The summed E-state index contributed by atoms with van der Waals surface area (Å²) in [5.74, 6) is -1.06. The van der Waals surface area contributed by atoms with Gasteiger partial charge in [0.15, 0.2) is 0 Å². The maximum atomic E-state index is 11.8. The smallest absolute Gasteiger partial charge is 0.411 e. The number of carbonyl (C=O) groups is 2. The maximum Gasteiger partial charge on any atom is 0.411 e. The zero-order valence-corrected chi connectivity index (χ0v) is 13.4. The fourth-order valence-corrected chi connectivity index (χ4v) is 2.54. The van der Waals surface area contributed by atoms with Gasteiger partial charge in [-0.3, -0.25) is 5.32 Å². The molecule has 0 fully saturated rings. The van der Waals surface area contributed by atoms with Crippen molar-refractivity contribution in [3.05, 3.63) is 63.6 Å². The number of halogens is 1. The van der Waals surface area contributed by atoms with Crippen molar-refractivity contribution in [1.82, 2.24) is 0 Å². The number of carboxylic acids is 1. The monoisotopic (exact) mass is 363 g/mol. The summed E-state index contributed by atoms with van der Waals surface area (Å²) in [6, 6.07) is 12.5. The lowest BCUT2D eigenvalue weighted by molar-refractivity contribution is 0.0695. The zero-order valence-electron chi connectivity index (χ0n) is 11.8. The fraction of sp³-hybridized carbons (Fsp3) is 0.125. The molecule has 2 aromatic carbocycles. The van der Waals surface area contributed by atoms with E-state index in [1.165, 1.54) is 0 Å². The molecule has 114 valence electrons. The Morgan fingerprint density at radius 2 is 1.86 bits per heavy atom. The number of amides is 1. The minimum absolute atomic E-state index is 0.112. The number of rotatable bonds is 4. The Bertz CT molecular complexity index is 701. The van der Waals surface area contributed by atoms with Crippen molar-refractivity contribution in [2.45, 2.75) is 13.5 Å². The first-order valence-corrected chi connectivity index (χ1v) is 7.28. The first kappa shape index (κ1) is 16.0. The summed E-state index contributed by atoms with van der Waals surface area (Å²) < 4.78 is 5.57. The molecule has 0 aromatic heterocycles. The Kier molecular flexibility index (Phi) is 5.16. The highest BCUT2D eigenvalue weighted by Crippen LogP contribution is 2.27. The zero-order chi connectivity index (χ0) is 16.1. The summed E-state index contributed by atoms with van der Waals surface area (Å²) in [4.78, 5) is 23.0. The van der Waals surface area contributed by atoms with E-state index in [0.717, 1.165) is 5.56 Å². The Hall–Kier alpha value is -2.34. The molecule has 0 heterocycles. The summed E-state index contributed by atoms with van der Waals surface area (Å²) in [5, 5.41) is 11.7. The van der Waals surface area contributed by atoms with Gasteiger partial charge in [0.1, 0.15) is 6.61 Å². The summed E-state index contributed by atoms with van der Waals surface area (Å²) in [5.41, 5.74) is 1.84. The molecule has 0 unspecified atom stereocenters. The van der Waals surface area contributed by atoms with E-state index in [0.29, 0.717) is 15.7 Å². The van der Waals surface area contributed by atoms with Crippen LogP contribution in [0.25, 0.3) is 0 Å². The largest absolute Gasteiger partial charge is 0.478 e. The van der Waals surface area contributed by atoms with Gasteiger partial charge in [-0.2, -0.15) is 0 Å². The van der Waals surface area contributed by atoms with Crippen LogP contribution in [0, 0.1) is 6.92 Å². The SMILES string of the molecule is Cc1c(NC(=O)OCc2ccccc2)ccc(Br)c1C(=O)O. The van der Waals surface area contributed by atoms with Crippen LogP contribution in [0.5, 0.6) is 0 Å². The van der Waals surface area contributed by atoms with E-state index in [9.17, 15) is 14.7 Å². The number of anilines is 1. The molecule has 2 aromatic rings. The minimum atomic E-state index is -1.06. The number of nitrogens with one attached hydrogen (secondary N) is 1. The summed E-state index contributed by atoms with van der Waals surface area (Å²) in [7, 11) is 0. The van der Waals surface area contributed by atoms with Gasteiger partial charge in [0.25, 0.3) is 0 Å². The van der Waals surface area contributed by atoms with Crippen LogP contribution in [0.4, 0.5) is 10.5 Å². The van der Waals surface area contributed by atoms with Crippen LogP contribution >= 0.6 is 15.9 Å². The van der Waals surface area contributed by atoms with Crippen LogP contribution in [0.2, 0.25) is 0 Å². The molecule has 0 aliphatic rings. The molecule has 0 saturated heterocycles. The van der Waals surface area contributed by atoms with Crippen molar-refractivity contribution in [1.29, 1.82) is 0 Å². The highest BCUT2D eigenvalue weighted by molar-refractivity contribution is 9.10. The molecule has 5 nitrogen and oxygen atoms in total. The molecular weight excluding hydrogens is 350 g/mol. The Labute approximate surface area is 136 Å². The molecule has 22 heavy (non-hydrogen) atoms. The second-order valence-corrected chi connectivity index (χ2v) is 5.44. The molecule has 0 atom stereocenters. The van der Waals surface area contributed by atoms with Gasteiger partial charge in [0.05, 0.1) is 5.56 Å². The number of carbonyl (C=O) groups excluding carboxylic acids is 1. The Morgan fingerprint density at radius 3 is 2.50 bits per heavy atom. The van der Waals surface area contributed by atoms with E-state index in [-0.39, 0.29) is 12.2 Å². The van der Waals surface area contributed by atoms with Crippen LogP contribution in [-0.4, -0.2) is 17.2 Å². The number of ether oxygens (including phenoxy) is 1. The second kappa shape index (κ2) is 7.09. The number of benzene rings is 2. The van der Waals surface area contributed by atoms with Crippen molar-refractivity contribution in [2.24, 2.45) is 0 Å². The number of aromatic carboxylic acids is 1.